The highest BCUT2D eigenvalue weighted by Crippen LogP contribution is 2.38. The van der Waals surface area contributed by atoms with E-state index in [2.05, 4.69) is 26.0 Å². The average molecular weight is 438 g/mol. The van der Waals surface area contributed by atoms with Gasteiger partial charge in [-0.1, -0.05) is 0 Å². The van der Waals surface area contributed by atoms with Gasteiger partial charge in [0.25, 0.3) is 0 Å². The van der Waals surface area contributed by atoms with Gasteiger partial charge in [0.1, 0.15) is 13.1 Å². The zero-order valence-electron chi connectivity index (χ0n) is 18.8. The van der Waals surface area contributed by atoms with Crippen LogP contribution in [0.5, 0.6) is 28.7 Å². The van der Waals surface area contributed by atoms with E-state index in [1.165, 1.54) is 16.0 Å². The lowest BCUT2D eigenvalue weighted by Gasteiger charge is -2.40. The summed E-state index contributed by atoms with van der Waals surface area (Å²) < 4.78 is 27.5. The van der Waals surface area contributed by atoms with Crippen molar-refractivity contribution in [3.8, 4) is 28.7 Å². The van der Waals surface area contributed by atoms with Crippen LogP contribution in [0.15, 0.2) is 24.3 Å². The van der Waals surface area contributed by atoms with Crippen LogP contribution in [0, 0.1) is 0 Å². The normalized spacial score (nSPS) is 16.7. The molecule has 30 heavy (non-hydrogen) atoms. The molecule has 1 atom stereocenters. The van der Waals surface area contributed by atoms with E-state index in [9.17, 15) is 0 Å². The zero-order chi connectivity index (χ0) is 21.2. The van der Waals surface area contributed by atoms with Crippen molar-refractivity contribution < 1.29 is 41.0 Å². The van der Waals surface area contributed by atoms with Crippen molar-refractivity contribution in [1.82, 2.24) is 0 Å². The first-order valence-electron chi connectivity index (χ1n) is 9.74. The first-order valence-corrected chi connectivity index (χ1v) is 9.74. The fourth-order valence-electron chi connectivity index (χ4n) is 4.15. The van der Waals surface area contributed by atoms with Crippen LogP contribution in [-0.4, -0.2) is 41.1 Å². The van der Waals surface area contributed by atoms with Crippen molar-refractivity contribution >= 4 is 0 Å². The second-order valence-electron chi connectivity index (χ2n) is 8.03. The minimum atomic E-state index is 0. The summed E-state index contributed by atoms with van der Waals surface area (Å²) >= 11 is 0. The molecule has 1 unspecified atom stereocenters. The van der Waals surface area contributed by atoms with Gasteiger partial charge in [0.05, 0.1) is 41.1 Å². The lowest BCUT2D eigenvalue weighted by Crippen LogP contribution is -3.18. The molecule has 1 N–H and O–H groups in total. The van der Waals surface area contributed by atoms with Gasteiger partial charge in [0, 0.05) is 17.5 Å². The number of quaternary nitrogens is 1. The maximum absolute atomic E-state index is 5.53. The molecule has 0 amide bonds. The van der Waals surface area contributed by atoms with Gasteiger partial charge < -0.3 is 41.0 Å². The zero-order valence-corrected chi connectivity index (χ0v) is 19.6. The highest BCUT2D eigenvalue weighted by Gasteiger charge is 2.37. The molecule has 0 aliphatic carbocycles. The van der Waals surface area contributed by atoms with Crippen LogP contribution in [0.3, 0.4) is 0 Å². The van der Waals surface area contributed by atoms with E-state index < -0.39 is 0 Å². The van der Waals surface area contributed by atoms with Crippen LogP contribution in [0.25, 0.3) is 0 Å². The van der Waals surface area contributed by atoms with Crippen LogP contribution in [-0.2, 0) is 19.5 Å². The van der Waals surface area contributed by atoms with E-state index in [0.29, 0.717) is 17.2 Å². The molecule has 2 aromatic rings. The Morgan fingerprint density at radius 1 is 0.733 bits per heavy atom. The van der Waals surface area contributed by atoms with E-state index >= 15 is 0 Å². The number of halogens is 1. The van der Waals surface area contributed by atoms with Crippen molar-refractivity contribution in [2.75, 3.05) is 35.5 Å². The number of hydrogen-bond acceptors (Lipinski definition) is 5. The van der Waals surface area contributed by atoms with Crippen molar-refractivity contribution in [1.29, 1.82) is 0 Å². The topological polar surface area (TPSA) is 50.6 Å². The Hall–Kier alpha value is -2.31. The molecule has 7 heteroatoms. The minimum absolute atomic E-state index is 0. The number of hydrogen-bond donors (Lipinski definition) is 1. The summed E-state index contributed by atoms with van der Waals surface area (Å²) in [7, 11) is 8.28. The highest BCUT2D eigenvalue weighted by molar-refractivity contribution is 5.53. The first kappa shape index (κ1) is 24.0. The predicted octanol–water partition coefficient (Wildman–Crippen LogP) is -0.347. The maximum Gasteiger partial charge on any atom is 0.203 e. The molecule has 3 rings (SSSR count). The number of rotatable bonds is 7. The fourth-order valence-corrected chi connectivity index (χ4v) is 4.15. The smallest absolute Gasteiger partial charge is 0.203 e. The van der Waals surface area contributed by atoms with E-state index in [0.717, 1.165) is 36.6 Å². The van der Waals surface area contributed by atoms with E-state index in [4.69, 9.17) is 23.7 Å². The molecule has 0 spiro atoms. The number of methoxy groups -OCH3 is 5. The Morgan fingerprint density at radius 3 is 1.70 bits per heavy atom. The molecule has 0 radical (unpaired) electrons. The SMILES string of the molecule is COc1cc2c(cc1OC)CC(C)(C)[NH+](Cc1cc(OC)c(OC)c(OC)c1)C2.[Cl-]. The third-order valence-electron chi connectivity index (χ3n) is 5.84. The molecule has 166 valence electrons. The van der Waals surface area contributed by atoms with Gasteiger partial charge in [-0.3, -0.25) is 0 Å². The van der Waals surface area contributed by atoms with Crippen LogP contribution < -0.4 is 41.0 Å². The van der Waals surface area contributed by atoms with E-state index in [1.807, 2.05) is 12.1 Å². The quantitative estimate of drug-likeness (QED) is 0.642. The summed E-state index contributed by atoms with van der Waals surface area (Å²) in [5.74, 6) is 3.55. The van der Waals surface area contributed by atoms with Crippen LogP contribution in [0.2, 0.25) is 0 Å². The first-order chi connectivity index (χ1) is 13.9. The van der Waals surface area contributed by atoms with Gasteiger partial charge in [-0.2, -0.15) is 0 Å². The summed E-state index contributed by atoms with van der Waals surface area (Å²) in [6.45, 7) is 6.36. The predicted molar refractivity (Wildman–Crippen MR) is 112 cm³/mol. The van der Waals surface area contributed by atoms with Crippen molar-refractivity contribution in [2.24, 2.45) is 0 Å². The van der Waals surface area contributed by atoms with Gasteiger partial charge in [0.2, 0.25) is 5.75 Å². The van der Waals surface area contributed by atoms with Crippen molar-refractivity contribution in [3.05, 3.63) is 41.0 Å². The number of benzene rings is 2. The number of ether oxygens (including phenoxy) is 5. The lowest BCUT2D eigenvalue weighted by atomic mass is 9.85. The number of fused-ring (bicyclic) bond motifs is 1. The summed E-state index contributed by atoms with van der Waals surface area (Å²) in [5, 5.41) is 0. The molecule has 0 saturated carbocycles. The standard InChI is InChI=1S/C23H31NO5.ClH/c1-23(2)12-16-10-18(25-3)19(26-4)11-17(16)14-24(23)13-15-8-20(27-5)22(29-7)21(9-15)28-6;/h8-11H,12-14H2,1-7H3;1H. The summed E-state index contributed by atoms with van der Waals surface area (Å²) in [4.78, 5) is 1.46. The third kappa shape index (κ3) is 4.55. The second kappa shape index (κ2) is 9.67. The van der Waals surface area contributed by atoms with Gasteiger partial charge in [-0.05, 0) is 43.7 Å². The maximum atomic E-state index is 5.53. The Kier molecular flexibility index (Phi) is 7.72. The average Bonchev–Trinajstić information content (AvgIpc) is 2.72. The molecule has 0 saturated heterocycles. The summed E-state index contributed by atoms with van der Waals surface area (Å²) in [5.41, 5.74) is 3.82. The molecule has 0 bridgehead atoms. The van der Waals surface area contributed by atoms with Crippen molar-refractivity contribution in [2.45, 2.75) is 38.9 Å². The minimum Gasteiger partial charge on any atom is -1.00 e. The Labute approximate surface area is 185 Å². The fraction of sp³-hybridized carbons (Fsp3) is 0.478. The Morgan fingerprint density at radius 2 is 1.23 bits per heavy atom. The Balaban J connectivity index is 0.00000320. The molecule has 0 fully saturated rings. The molecule has 2 aromatic carbocycles. The van der Waals surface area contributed by atoms with Gasteiger partial charge in [0.15, 0.2) is 23.0 Å². The van der Waals surface area contributed by atoms with Gasteiger partial charge in [-0.15, -0.1) is 0 Å². The van der Waals surface area contributed by atoms with Crippen LogP contribution in [0.4, 0.5) is 0 Å². The number of nitrogens with one attached hydrogen (secondary N) is 1. The Bertz CT molecular complexity index is 859. The van der Waals surface area contributed by atoms with Gasteiger partial charge >= 0.3 is 0 Å². The molecule has 1 aliphatic heterocycles. The van der Waals surface area contributed by atoms with Crippen molar-refractivity contribution in [3.63, 3.8) is 0 Å². The lowest BCUT2D eigenvalue weighted by molar-refractivity contribution is -0.977. The highest BCUT2D eigenvalue weighted by atomic mass is 35.5. The molecular formula is C23H32ClNO5. The van der Waals surface area contributed by atoms with E-state index in [1.54, 1.807) is 35.5 Å². The summed E-state index contributed by atoms with van der Waals surface area (Å²) in [6, 6.07) is 8.30. The van der Waals surface area contributed by atoms with Crippen LogP contribution >= 0.6 is 0 Å². The molecular weight excluding hydrogens is 406 g/mol. The molecule has 0 aromatic heterocycles. The second-order valence-corrected chi connectivity index (χ2v) is 8.03. The summed E-state index contributed by atoms with van der Waals surface area (Å²) in [6.07, 6.45) is 0.961. The molecule has 1 aliphatic rings. The monoisotopic (exact) mass is 437 g/mol. The van der Waals surface area contributed by atoms with Crippen LogP contribution in [0.1, 0.15) is 30.5 Å². The molecule has 6 nitrogen and oxygen atoms in total. The van der Waals surface area contributed by atoms with Gasteiger partial charge in [-0.25, -0.2) is 0 Å². The largest absolute Gasteiger partial charge is 1.00 e. The molecule has 1 heterocycles. The third-order valence-corrected chi connectivity index (χ3v) is 5.84. The van der Waals surface area contributed by atoms with E-state index in [-0.39, 0.29) is 17.9 Å².